The van der Waals surface area contributed by atoms with Crippen LogP contribution in [0.2, 0.25) is 0 Å². The Morgan fingerprint density at radius 2 is 1.64 bits per heavy atom. The first-order valence-corrected chi connectivity index (χ1v) is 7.68. The lowest BCUT2D eigenvalue weighted by molar-refractivity contribution is 1.38. The molecule has 0 aromatic heterocycles. The molecule has 2 heterocycles. The van der Waals surface area contributed by atoms with Gasteiger partial charge in [0, 0.05) is 11.1 Å². The van der Waals surface area contributed by atoms with Gasteiger partial charge in [0.1, 0.15) is 0 Å². The third-order valence-electron chi connectivity index (χ3n) is 4.65. The Morgan fingerprint density at radius 3 is 2.64 bits per heavy atom. The molecule has 0 atom stereocenters. The van der Waals surface area contributed by atoms with Crippen LogP contribution in [0.4, 0.5) is 5.69 Å². The van der Waals surface area contributed by atoms with Crippen LogP contribution >= 0.6 is 0 Å². The number of benzene rings is 3. The van der Waals surface area contributed by atoms with E-state index in [-0.39, 0.29) is 0 Å². The SMILES string of the molecule is C1=CB2C=Cc3ccc4c(ccc5ccccc54)c3N2C=C1. The summed E-state index contributed by atoms with van der Waals surface area (Å²) in [6.45, 7) is 0.328. The maximum atomic E-state index is 2.37. The molecule has 0 saturated carbocycles. The van der Waals surface area contributed by atoms with Gasteiger partial charge in [-0.1, -0.05) is 72.6 Å². The van der Waals surface area contributed by atoms with Crippen molar-refractivity contribution in [3.05, 3.63) is 84.4 Å². The van der Waals surface area contributed by atoms with E-state index in [2.05, 4.69) is 89.7 Å². The molecule has 2 heteroatoms. The molecule has 0 radical (unpaired) electrons. The summed E-state index contributed by atoms with van der Waals surface area (Å²) in [6.07, 6.45) is 8.66. The predicted molar refractivity (Wildman–Crippen MR) is 97.0 cm³/mol. The van der Waals surface area contributed by atoms with E-state index >= 15 is 0 Å². The highest BCUT2D eigenvalue weighted by molar-refractivity contribution is 6.75. The second-order valence-electron chi connectivity index (χ2n) is 5.87. The molecule has 0 N–H and O–H groups in total. The van der Waals surface area contributed by atoms with Crippen molar-refractivity contribution in [1.29, 1.82) is 0 Å². The lowest BCUT2D eigenvalue weighted by Crippen LogP contribution is -2.36. The zero-order valence-electron chi connectivity index (χ0n) is 12.1. The van der Waals surface area contributed by atoms with Crippen LogP contribution in [0.3, 0.4) is 0 Å². The van der Waals surface area contributed by atoms with Gasteiger partial charge < -0.3 is 4.81 Å². The van der Waals surface area contributed by atoms with Gasteiger partial charge in [0.2, 0.25) is 0 Å². The lowest BCUT2D eigenvalue weighted by Gasteiger charge is -2.32. The zero-order valence-corrected chi connectivity index (χ0v) is 12.1. The van der Waals surface area contributed by atoms with Crippen LogP contribution in [0, 0.1) is 0 Å². The molecule has 0 saturated heterocycles. The fourth-order valence-corrected chi connectivity index (χ4v) is 3.61. The standard InChI is InChI=1S/C20H14BN/c1-2-6-17-15(5-1)7-10-19-18(17)9-8-16-11-13-21-12-3-4-14-22(21)20(16)19/h1-14H. The van der Waals surface area contributed by atoms with Crippen LogP contribution in [0.25, 0.3) is 27.6 Å². The molecule has 2 aliphatic heterocycles. The molecular weight excluding hydrogens is 265 g/mol. The first kappa shape index (κ1) is 11.9. The summed E-state index contributed by atoms with van der Waals surface area (Å²) in [5.74, 6) is 4.49. The van der Waals surface area contributed by atoms with Crippen molar-refractivity contribution in [3.8, 4) is 0 Å². The van der Waals surface area contributed by atoms with Gasteiger partial charge in [0.15, 0.2) is 0 Å². The van der Waals surface area contributed by atoms with Gasteiger partial charge in [0.25, 0.3) is 0 Å². The summed E-state index contributed by atoms with van der Waals surface area (Å²) in [5, 5.41) is 5.27. The molecule has 5 rings (SSSR count). The van der Waals surface area contributed by atoms with Crippen LogP contribution in [0.15, 0.2) is 78.8 Å². The van der Waals surface area contributed by atoms with E-state index in [0.717, 1.165) is 0 Å². The smallest absolute Gasteiger partial charge is 0.312 e. The van der Waals surface area contributed by atoms with E-state index in [1.54, 1.807) is 0 Å². The topological polar surface area (TPSA) is 3.24 Å². The highest BCUT2D eigenvalue weighted by Crippen LogP contribution is 2.39. The Bertz CT molecular complexity index is 997. The van der Waals surface area contributed by atoms with Crippen LogP contribution in [-0.4, -0.2) is 6.85 Å². The summed E-state index contributed by atoms with van der Waals surface area (Å²) in [4.78, 5) is 2.37. The van der Waals surface area contributed by atoms with E-state index < -0.39 is 0 Å². The maximum absolute atomic E-state index is 2.37. The number of hydrogen-bond acceptors (Lipinski definition) is 1. The molecular formula is C20H14BN. The van der Waals surface area contributed by atoms with Gasteiger partial charge in [-0.3, -0.25) is 0 Å². The number of nitrogens with zero attached hydrogens (tertiary/aromatic N) is 1. The van der Waals surface area contributed by atoms with Crippen molar-refractivity contribution in [2.24, 2.45) is 0 Å². The molecule has 1 nitrogen and oxygen atoms in total. The third kappa shape index (κ3) is 1.55. The molecule has 0 unspecified atom stereocenters. The van der Waals surface area contributed by atoms with Crippen molar-refractivity contribution < 1.29 is 0 Å². The number of fused-ring (bicyclic) bond motifs is 7. The van der Waals surface area contributed by atoms with E-state index in [1.165, 1.54) is 32.8 Å². The second kappa shape index (κ2) is 4.38. The molecule has 0 bridgehead atoms. The number of hydrogen-bond donors (Lipinski definition) is 0. The highest BCUT2D eigenvalue weighted by Gasteiger charge is 2.25. The first-order chi connectivity index (χ1) is 10.9. The predicted octanol–water partition coefficient (Wildman–Crippen LogP) is 4.98. The maximum Gasteiger partial charge on any atom is 0.312 e. The average Bonchev–Trinajstić information content (AvgIpc) is 2.60. The highest BCUT2D eigenvalue weighted by atomic mass is 15.1. The van der Waals surface area contributed by atoms with Crippen molar-refractivity contribution in [3.63, 3.8) is 0 Å². The molecule has 0 spiro atoms. The van der Waals surface area contributed by atoms with Gasteiger partial charge in [-0.2, -0.15) is 0 Å². The summed E-state index contributed by atoms with van der Waals surface area (Å²) in [5.41, 5.74) is 2.61. The number of anilines is 1. The van der Waals surface area contributed by atoms with Crippen molar-refractivity contribution in [1.82, 2.24) is 0 Å². The molecule has 0 aliphatic carbocycles. The Kier molecular flexibility index (Phi) is 2.36. The monoisotopic (exact) mass is 279 g/mol. The lowest BCUT2D eigenvalue weighted by atomic mass is 9.57. The van der Waals surface area contributed by atoms with Gasteiger partial charge in [-0.05, 0) is 34.0 Å². The van der Waals surface area contributed by atoms with Gasteiger partial charge in [0.05, 0.1) is 0 Å². The summed E-state index contributed by atoms with van der Waals surface area (Å²) >= 11 is 0. The molecule has 3 aromatic rings. The number of allylic oxidation sites excluding steroid dienone is 2. The van der Waals surface area contributed by atoms with E-state index in [9.17, 15) is 0 Å². The fraction of sp³-hybridized carbons (Fsp3) is 0. The second-order valence-corrected chi connectivity index (χ2v) is 5.87. The normalized spacial score (nSPS) is 15.5. The van der Waals surface area contributed by atoms with Crippen LogP contribution in [-0.2, 0) is 0 Å². The first-order valence-electron chi connectivity index (χ1n) is 7.68. The summed E-state index contributed by atoms with van der Waals surface area (Å²) < 4.78 is 0. The zero-order chi connectivity index (χ0) is 14.5. The van der Waals surface area contributed by atoms with Crippen LogP contribution in [0.5, 0.6) is 0 Å². The molecule has 3 aromatic carbocycles. The molecule has 102 valence electrons. The van der Waals surface area contributed by atoms with E-state index in [4.69, 9.17) is 0 Å². The van der Waals surface area contributed by atoms with Crippen LogP contribution in [0.1, 0.15) is 5.56 Å². The molecule has 0 amide bonds. The average molecular weight is 279 g/mol. The minimum absolute atomic E-state index is 0.328. The van der Waals surface area contributed by atoms with Crippen molar-refractivity contribution in [2.45, 2.75) is 0 Å². The van der Waals surface area contributed by atoms with Crippen molar-refractivity contribution in [2.75, 3.05) is 4.81 Å². The summed E-state index contributed by atoms with van der Waals surface area (Å²) in [6, 6.07) is 17.6. The Hall–Kier alpha value is -2.74. The quantitative estimate of drug-likeness (QED) is 0.414. The van der Waals surface area contributed by atoms with Crippen LogP contribution < -0.4 is 4.81 Å². The minimum atomic E-state index is 0.328. The third-order valence-corrected chi connectivity index (χ3v) is 4.65. The van der Waals surface area contributed by atoms with Gasteiger partial charge in [-0.15, -0.1) is 0 Å². The van der Waals surface area contributed by atoms with Gasteiger partial charge in [-0.25, -0.2) is 0 Å². The number of rotatable bonds is 0. The largest absolute Gasteiger partial charge is 0.383 e. The Morgan fingerprint density at radius 1 is 0.727 bits per heavy atom. The molecule has 0 fully saturated rings. The minimum Gasteiger partial charge on any atom is -0.383 e. The Balaban J connectivity index is 1.90. The van der Waals surface area contributed by atoms with E-state index in [0.29, 0.717) is 6.85 Å². The van der Waals surface area contributed by atoms with Crippen molar-refractivity contribution >= 4 is 40.2 Å². The fourth-order valence-electron chi connectivity index (χ4n) is 3.61. The molecule has 22 heavy (non-hydrogen) atoms. The summed E-state index contributed by atoms with van der Waals surface area (Å²) in [7, 11) is 0. The van der Waals surface area contributed by atoms with Gasteiger partial charge >= 0.3 is 6.85 Å². The molecule has 2 aliphatic rings. The Labute approximate surface area is 130 Å². The van der Waals surface area contributed by atoms with E-state index in [1.807, 2.05) is 0 Å².